The highest BCUT2D eigenvalue weighted by Gasteiger charge is 2.29. The largest absolute Gasteiger partial charge is 0.338 e. The summed E-state index contributed by atoms with van der Waals surface area (Å²) in [6, 6.07) is 7.83. The quantitative estimate of drug-likeness (QED) is 0.780. The average molecular weight is 397 g/mol. The molecule has 1 unspecified atom stereocenters. The Balaban J connectivity index is 1.56. The zero-order valence-electron chi connectivity index (χ0n) is 17.5. The first kappa shape index (κ1) is 20.1. The number of hydrogen-bond donors (Lipinski definition) is 0. The van der Waals surface area contributed by atoms with E-state index in [1.165, 1.54) is 30.4 Å². The second-order valence-corrected chi connectivity index (χ2v) is 8.39. The summed E-state index contributed by atoms with van der Waals surface area (Å²) in [5, 5.41) is 6.00. The standard InChI is InChI=1S/C23H32N4O2/c1-2-27-23(29)20-12-5-4-11-19(20)21(24-27)16-22(28)26-15-9-6-10-18(26)17-25-13-7-3-8-14-25/h4-5,11-12,18H,2-3,6-10,13-17H2,1H3. The maximum absolute atomic E-state index is 13.3. The van der Waals surface area contributed by atoms with E-state index in [0.717, 1.165) is 44.4 Å². The van der Waals surface area contributed by atoms with Crippen LogP contribution in [-0.4, -0.2) is 57.7 Å². The Morgan fingerprint density at radius 3 is 2.52 bits per heavy atom. The summed E-state index contributed by atoms with van der Waals surface area (Å²) in [5.74, 6) is 0.144. The second-order valence-electron chi connectivity index (χ2n) is 8.39. The van der Waals surface area contributed by atoms with E-state index in [4.69, 9.17) is 0 Å². The molecule has 0 spiro atoms. The van der Waals surface area contributed by atoms with Gasteiger partial charge in [0.1, 0.15) is 0 Å². The van der Waals surface area contributed by atoms with Crippen molar-refractivity contribution < 1.29 is 4.79 Å². The van der Waals surface area contributed by atoms with Gasteiger partial charge in [0.15, 0.2) is 0 Å². The van der Waals surface area contributed by atoms with E-state index in [1.807, 2.05) is 31.2 Å². The number of likely N-dealkylation sites (tertiary alicyclic amines) is 2. The van der Waals surface area contributed by atoms with Crippen molar-refractivity contribution in [3.05, 3.63) is 40.3 Å². The smallest absolute Gasteiger partial charge is 0.274 e. The molecule has 6 nitrogen and oxygen atoms in total. The third-order valence-corrected chi connectivity index (χ3v) is 6.43. The van der Waals surface area contributed by atoms with Gasteiger partial charge in [-0.25, -0.2) is 4.68 Å². The van der Waals surface area contributed by atoms with Gasteiger partial charge in [-0.05, 0) is 58.2 Å². The Bertz CT molecular complexity index is 917. The molecule has 2 saturated heterocycles. The summed E-state index contributed by atoms with van der Waals surface area (Å²) in [6.45, 7) is 6.57. The van der Waals surface area contributed by atoms with Crippen LogP contribution in [0.1, 0.15) is 51.1 Å². The summed E-state index contributed by atoms with van der Waals surface area (Å²) in [5.41, 5.74) is 0.634. The van der Waals surface area contributed by atoms with Crippen LogP contribution in [0.25, 0.3) is 10.8 Å². The van der Waals surface area contributed by atoms with Crippen molar-refractivity contribution in [1.82, 2.24) is 19.6 Å². The first-order valence-corrected chi connectivity index (χ1v) is 11.2. The average Bonchev–Trinajstić information content (AvgIpc) is 2.77. The van der Waals surface area contributed by atoms with Gasteiger partial charge < -0.3 is 9.80 Å². The van der Waals surface area contributed by atoms with Gasteiger partial charge in [-0.2, -0.15) is 5.10 Å². The zero-order valence-corrected chi connectivity index (χ0v) is 17.5. The molecule has 1 aromatic heterocycles. The van der Waals surface area contributed by atoms with Crippen LogP contribution in [0, 0.1) is 0 Å². The van der Waals surface area contributed by atoms with Crippen molar-refractivity contribution in [2.75, 3.05) is 26.2 Å². The number of benzene rings is 1. The molecule has 0 radical (unpaired) electrons. The van der Waals surface area contributed by atoms with E-state index >= 15 is 0 Å². The molecule has 6 heteroatoms. The molecule has 0 N–H and O–H groups in total. The lowest BCUT2D eigenvalue weighted by Gasteiger charge is -2.39. The molecule has 3 heterocycles. The molecular formula is C23H32N4O2. The summed E-state index contributed by atoms with van der Waals surface area (Å²) < 4.78 is 1.48. The fraction of sp³-hybridized carbons (Fsp3) is 0.609. The number of aromatic nitrogens is 2. The number of rotatable bonds is 5. The molecule has 1 atom stereocenters. The Hall–Kier alpha value is -2.21. The molecule has 156 valence electrons. The number of carbonyl (C=O) groups excluding carboxylic acids is 1. The van der Waals surface area contributed by atoms with Crippen molar-refractivity contribution >= 4 is 16.7 Å². The summed E-state index contributed by atoms with van der Waals surface area (Å²) in [7, 11) is 0. The lowest BCUT2D eigenvalue weighted by molar-refractivity contribution is -0.134. The summed E-state index contributed by atoms with van der Waals surface area (Å²) in [6.07, 6.45) is 7.50. The molecule has 2 fully saturated rings. The minimum atomic E-state index is -0.0831. The molecule has 1 aromatic carbocycles. The predicted octanol–water partition coefficient (Wildman–Crippen LogP) is 2.83. The van der Waals surface area contributed by atoms with Gasteiger partial charge in [0.05, 0.1) is 17.5 Å². The SMILES string of the molecule is CCn1nc(CC(=O)N2CCCCC2CN2CCCCC2)c2ccccc2c1=O. The molecule has 1 amide bonds. The van der Waals surface area contributed by atoms with Crippen molar-refractivity contribution in [3.63, 3.8) is 0 Å². The van der Waals surface area contributed by atoms with Gasteiger partial charge in [-0.3, -0.25) is 9.59 Å². The minimum absolute atomic E-state index is 0.0831. The summed E-state index contributed by atoms with van der Waals surface area (Å²) >= 11 is 0. The highest BCUT2D eigenvalue weighted by atomic mass is 16.2. The van der Waals surface area contributed by atoms with Crippen molar-refractivity contribution in [2.45, 2.75) is 64.5 Å². The van der Waals surface area contributed by atoms with E-state index < -0.39 is 0 Å². The molecule has 4 rings (SSSR count). The lowest BCUT2D eigenvalue weighted by atomic mass is 9.99. The Kier molecular flexibility index (Phi) is 6.28. The number of fused-ring (bicyclic) bond motifs is 1. The van der Waals surface area contributed by atoms with Crippen LogP contribution < -0.4 is 5.56 Å². The first-order chi connectivity index (χ1) is 14.2. The van der Waals surface area contributed by atoms with E-state index in [2.05, 4.69) is 14.9 Å². The van der Waals surface area contributed by atoms with Crippen LogP contribution in [0.2, 0.25) is 0 Å². The molecule has 0 saturated carbocycles. The van der Waals surface area contributed by atoms with Crippen LogP contribution in [0.3, 0.4) is 0 Å². The Morgan fingerprint density at radius 1 is 1.03 bits per heavy atom. The van der Waals surface area contributed by atoms with E-state index in [0.29, 0.717) is 23.7 Å². The number of carbonyl (C=O) groups is 1. The predicted molar refractivity (Wildman–Crippen MR) is 115 cm³/mol. The van der Waals surface area contributed by atoms with Crippen molar-refractivity contribution in [1.29, 1.82) is 0 Å². The van der Waals surface area contributed by atoms with Crippen LogP contribution >= 0.6 is 0 Å². The van der Waals surface area contributed by atoms with Crippen molar-refractivity contribution in [3.8, 4) is 0 Å². The first-order valence-electron chi connectivity index (χ1n) is 11.2. The van der Waals surface area contributed by atoms with Crippen LogP contribution in [-0.2, 0) is 17.8 Å². The molecule has 2 aromatic rings. The number of hydrogen-bond acceptors (Lipinski definition) is 4. The highest BCUT2D eigenvalue weighted by Crippen LogP contribution is 2.22. The Labute approximate surface area is 172 Å². The fourth-order valence-corrected chi connectivity index (χ4v) is 4.85. The van der Waals surface area contributed by atoms with Gasteiger partial charge in [0, 0.05) is 31.1 Å². The number of amides is 1. The fourth-order valence-electron chi connectivity index (χ4n) is 4.85. The molecule has 0 aliphatic carbocycles. The number of nitrogens with zero attached hydrogens (tertiary/aromatic N) is 4. The van der Waals surface area contributed by atoms with E-state index in [9.17, 15) is 9.59 Å². The van der Waals surface area contributed by atoms with Gasteiger partial charge in [-0.15, -0.1) is 0 Å². The van der Waals surface area contributed by atoms with Crippen molar-refractivity contribution in [2.24, 2.45) is 0 Å². The van der Waals surface area contributed by atoms with Gasteiger partial charge >= 0.3 is 0 Å². The normalized spacial score (nSPS) is 20.9. The minimum Gasteiger partial charge on any atom is -0.338 e. The molecule has 2 aliphatic rings. The molecule has 0 bridgehead atoms. The topological polar surface area (TPSA) is 58.4 Å². The molecular weight excluding hydrogens is 364 g/mol. The second kappa shape index (κ2) is 9.08. The van der Waals surface area contributed by atoms with Gasteiger partial charge in [0.25, 0.3) is 5.56 Å². The highest BCUT2D eigenvalue weighted by molar-refractivity contribution is 5.88. The summed E-state index contributed by atoms with van der Waals surface area (Å²) in [4.78, 5) is 30.5. The third-order valence-electron chi connectivity index (χ3n) is 6.43. The third kappa shape index (κ3) is 4.37. The van der Waals surface area contributed by atoms with Gasteiger partial charge in [0.2, 0.25) is 5.91 Å². The maximum atomic E-state index is 13.3. The van der Waals surface area contributed by atoms with Crippen LogP contribution in [0.4, 0.5) is 0 Å². The van der Waals surface area contributed by atoms with Gasteiger partial charge in [-0.1, -0.05) is 24.6 Å². The maximum Gasteiger partial charge on any atom is 0.274 e. The zero-order chi connectivity index (χ0) is 20.2. The van der Waals surface area contributed by atoms with E-state index in [-0.39, 0.29) is 17.9 Å². The van der Waals surface area contributed by atoms with E-state index in [1.54, 1.807) is 0 Å². The lowest BCUT2D eigenvalue weighted by Crippen LogP contribution is -2.50. The molecule has 2 aliphatic heterocycles. The molecule has 29 heavy (non-hydrogen) atoms. The van der Waals surface area contributed by atoms with Crippen LogP contribution in [0.5, 0.6) is 0 Å². The monoisotopic (exact) mass is 396 g/mol. The van der Waals surface area contributed by atoms with Crippen LogP contribution in [0.15, 0.2) is 29.1 Å². The number of aryl methyl sites for hydroxylation is 1. The number of piperidine rings is 2. The Morgan fingerprint density at radius 2 is 1.76 bits per heavy atom.